The zero-order valence-corrected chi connectivity index (χ0v) is 12.7. The molecule has 0 radical (unpaired) electrons. The second-order valence-electron chi connectivity index (χ2n) is 4.27. The number of carboxylic acid groups (broad SMARTS) is 1. The molecule has 0 aliphatic heterocycles. The molecule has 0 fully saturated rings. The van der Waals surface area contributed by atoms with Gasteiger partial charge >= 0.3 is 5.97 Å². The standard InChI is InChI=1S/C15H12Cl2O5/c16-15(17)22-10-6-4-9(5-7-10)8-21-12-3-1-2-11(13(12)18)14(19)20/h1-7,15,18H,8H2,(H,19,20). The first kappa shape index (κ1) is 16.3. The summed E-state index contributed by atoms with van der Waals surface area (Å²) >= 11 is 11.0. The third kappa shape index (κ3) is 4.19. The van der Waals surface area contributed by atoms with Crippen LogP contribution in [0.25, 0.3) is 0 Å². The Morgan fingerprint density at radius 1 is 1.14 bits per heavy atom. The molecule has 2 aromatic rings. The maximum Gasteiger partial charge on any atom is 0.339 e. The smallest absolute Gasteiger partial charge is 0.339 e. The third-order valence-electron chi connectivity index (χ3n) is 2.77. The number of carboxylic acids is 1. The molecule has 0 saturated heterocycles. The van der Waals surface area contributed by atoms with Gasteiger partial charge in [-0.05, 0) is 29.8 Å². The van der Waals surface area contributed by atoms with Crippen LogP contribution in [0.1, 0.15) is 15.9 Å². The number of ether oxygens (including phenoxy) is 2. The number of phenols is 1. The molecule has 0 saturated carbocycles. The van der Waals surface area contributed by atoms with Crippen molar-refractivity contribution < 1.29 is 24.5 Å². The summed E-state index contributed by atoms with van der Waals surface area (Å²) in [5.74, 6) is -1.01. The second kappa shape index (κ2) is 7.24. The van der Waals surface area contributed by atoms with Gasteiger partial charge in [0.15, 0.2) is 11.5 Å². The number of hydrogen-bond acceptors (Lipinski definition) is 4. The van der Waals surface area contributed by atoms with Gasteiger partial charge in [0.1, 0.15) is 17.9 Å². The molecule has 22 heavy (non-hydrogen) atoms. The van der Waals surface area contributed by atoms with Crippen molar-refractivity contribution in [3.63, 3.8) is 0 Å². The lowest BCUT2D eigenvalue weighted by Crippen LogP contribution is -2.01. The van der Waals surface area contributed by atoms with Crippen molar-refractivity contribution >= 4 is 29.2 Å². The van der Waals surface area contributed by atoms with E-state index < -0.39 is 16.7 Å². The lowest BCUT2D eigenvalue weighted by atomic mass is 10.2. The van der Waals surface area contributed by atoms with Crippen molar-refractivity contribution in [2.75, 3.05) is 0 Å². The molecule has 0 aliphatic rings. The molecule has 7 heteroatoms. The summed E-state index contributed by atoms with van der Waals surface area (Å²) in [5, 5.41) is 17.8. The van der Waals surface area contributed by atoms with Crippen molar-refractivity contribution in [3.8, 4) is 17.2 Å². The molecule has 5 nitrogen and oxygen atoms in total. The van der Waals surface area contributed by atoms with E-state index in [9.17, 15) is 9.90 Å². The summed E-state index contributed by atoms with van der Waals surface area (Å²) in [4.78, 5) is 10.9. The van der Waals surface area contributed by atoms with E-state index in [0.717, 1.165) is 5.56 Å². The van der Waals surface area contributed by atoms with Crippen LogP contribution in [0.4, 0.5) is 0 Å². The topological polar surface area (TPSA) is 76.0 Å². The van der Waals surface area contributed by atoms with Crippen molar-refractivity contribution in [3.05, 3.63) is 53.6 Å². The minimum atomic E-state index is -1.22. The van der Waals surface area contributed by atoms with Crippen LogP contribution < -0.4 is 9.47 Å². The lowest BCUT2D eigenvalue weighted by molar-refractivity contribution is 0.0692. The van der Waals surface area contributed by atoms with Crippen LogP contribution in [0, 0.1) is 0 Å². The molecule has 0 aliphatic carbocycles. The summed E-state index contributed by atoms with van der Waals surface area (Å²) in [6.07, 6.45) is 0. The number of para-hydroxylation sites is 1. The van der Waals surface area contributed by atoms with E-state index in [2.05, 4.69) is 0 Å². The molecule has 0 spiro atoms. The Morgan fingerprint density at radius 3 is 2.41 bits per heavy atom. The van der Waals surface area contributed by atoms with Gasteiger partial charge in [0.05, 0.1) is 0 Å². The molecule has 0 heterocycles. The Kier molecular flexibility index (Phi) is 5.35. The van der Waals surface area contributed by atoms with Gasteiger partial charge in [0, 0.05) is 0 Å². The first-order valence-corrected chi connectivity index (χ1v) is 7.06. The number of carbonyl (C=O) groups is 1. The van der Waals surface area contributed by atoms with E-state index in [0.29, 0.717) is 5.75 Å². The second-order valence-corrected chi connectivity index (χ2v) is 5.28. The number of aromatic hydroxyl groups is 1. The van der Waals surface area contributed by atoms with Crippen molar-refractivity contribution in [1.82, 2.24) is 0 Å². The van der Waals surface area contributed by atoms with Crippen LogP contribution in [-0.4, -0.2) is 21.2 Å². The third-order valence-corrected chi connectivity index (χ3v) is 2.95. The van der Waals surface area contributed by atoms with Crippen molar-refractivity contribution in [2.45, 2.75) is 11.6 Å². The highest BCUT2D eigenvalue weighted by atomic mass is 35.5. The molecular formula is C15H12Cl2O5. The summed E-state index contributed by atoms with van der Waals surface area (Å²) in [6.45, 7) is 0.155. The predicted octanol–water partition coefficient (Wildman–Crippen LogP) is 3.81. The molecule has 0 aromatic heterocycles. The van der Waals surface area contributed by atoms with Gasteiger partial charge in [-0.15, -0.1) is 0 Å². The number of hydrogen-bond donors (Lipinski definition) is 2. The van der Waals surface area contributed by atoms with Crippen LogP contribution in [0.5, 0.6) is 17.2 Å². The van der Waals surface area contributed by atoms with Crippen LogP contribution >= 0.6 is 23.2 Å². The average Bonchev–Trinajstić information content (AvgIpc) is 2.47. The number of benzene rings is 2. The van der Waals surface area contributed by atoms with E-state index in [1.54, 1.807) is 24.3 Å². The fourth-order valence-corrected chi connectivity index (χ4v) is 1.95. The normalized spacial score (nSPS) is 10.5. The van der Waals surface area contributed by atoms with E-state index >= 15 is 0 Å². The number of rotatable bonds is 6. The van der Waals surface area contributed by atoms with Crippen molar-refractivity contribution in [2.24, 2.45) is 0 Å². The van der Waals surface area contributed by atoms with Gasteiger partial charge in [-0.2, -0.15) is 0 Å². The molecule has 0 bridgehead atoms. The van der Waals surface area contributed by atoms with Crippen LogP contribution in [0.2, 0.25) is 0 Å². The molecule has 116 valence electrons. The number of aromatic carboxylic acids is 1. The zero-order valence-electron chi connectivity index (χ0n) is 11.2. The average molecular weight is 343 g/mol. The SMILES string of the molecule is O=C(O)c1cccc(OCc2ccc(OC(Cl)Cl)cc2)c1O. The largest absolute Gasteiger partial charge is 0.504 e. The van der Waals surface area contributed by atoms with E-state index in [1.165, 1.54) is 18.2 Å². The first-order valence-electron chi connectivity index (χ1n) is 6.19. The Hall–Kier alpha value is -2.11. The first-order chi connectivity index (χ1) is 10.5. The van der Waals surface area contributed by atoms with Gasteiger partial charge in [0.2, 0.25) is 5.02 Å². The molecule has 2 aromatic carbocycles. The predicted molar refractivity (Wildman–Crippen MR) is 82.0 cm³/mol. The Bertz CT molecular complexity index is 655. The Balaban J connectivity index is 2.04. The highest BCUT2D eigenvalue weighted by Gasteiger charge is 2.13. The highest BCUT2D eigenvalue weighted by Crippen LogP contribution is 2.30. The molecule has 2 rings (SSSR count). The van der Waals surface area contributed by atoms with Gasteiger partial charge in [0.25, 0.3) is 0 Å². The van der Waals surface area contributed by atoms with Gasteiger partial charge in [-0.25, -0.2) is 4.79 Å². The van der Waals surface area contributed by atoms with E-state index in [-0.39, 0.29) is 17.9 Å². The molecule has 0 amide bonds. The fraction of sp³-hybridized carbons (Fsp3) is 0.133. The maximum absolute atomic E-state index is 10.9. The highest BCUT2D eigenvalue weighted by molar-refractivity contribution is 6.43. The summed E-state index contributed by atoms with van der Waals surface area (Å²) in [6, 6.07) is 11.1. The Labute approximate surface area is 136 Å². The zero-order chi connectivity index (χ0) is 16.1. The van der Waals surface area contributed by atoms with Crippen LogP contribution in [0.3, 0.4) is 0 Å². The minimum absolute atomic E-state index is 0.0989. The van der Waals surface area contributed by atoms with Crippen molar-refractivity contribution in [1.29, 1.82) is 0 Å². The quantitative estimate of drug-likeness (QED) is 0.780. The molecule has 2 N–H and O–H groups in total. The maximum atomic E-state index is 10.9. The summed E-state index contributed by atoms with van der Waals surface area (Å²) < 4.78 is 10.5. The van der Waals surface area contributed by atoms with Crippen LogP contribution in [-0.2, 0) is 6.61 Å². The monoisotopic (exact) mass is 342 g/mol. The lowest BCUT2D eigenvalue weighted by Gasteiger charge is -2.10. The minimum Gasteiger partial charge on any atom is -0.504 e. The summed E-state index contributed by atoms with van der Waals surface area (Å²) in [5.41, 5.74) is 0.588. The summed E-state index contributed by atoms with van der Waals surface area (Å²) in [7, 11) is 0. The van der Waals surface area contributed by atoms with E-state index in [4.69, 9.17) is 37.8 Å². The molecule has 0 unspecified atom stereocenters. The molecular weight excluding hydrogens is 331 g/mol. The van der Waals surface area contributed by atoms with E-state index in [1.807, 2.05) is 0 Å². The number of alkyl halides is 2. The molecule has 0 atom stereocenters. The number of halogens is 2. The van der Waals surface area contributed by atoms with Gasteiger partial charge in [-0.3, -0.25) is 0 Å². The van der Waals surface area contributed by atoms with Gasteiger partial charge < -0.3 is 19.7 Å². The van der Waals surface area contributed by atoms with Gasteiger partial charge in [-0.1, -0.05) is 41.4 Å². The Morgan fingerprint density at radius 2 is 1.82 bits per heavy atom. The van der Waals surface area contributed by atoms with Crippen LogP contribution in [0.15, 0.2) is 42.5 Å². The fourth-order valence-electron chi connectivity index (χ4n) is 1.74.